The Balaban J connectivity index is 2.22. The summed E-state index contributed by atoms with van der Waals surface area (Å²) in [6.45, 7) is 0. The zero-order chi connectivity index (χ0) is 10.7. The van der Waals surface area contributed by atoms with E-state index in [0.29, 0.717) is 11.1 Å². The summed E-state index contributed by atoms with van der Waals surface area (Å²) in [6.07, 6.45) is 2.29. The van der Waals surface area contributed by atoms with Gasteiger partial charge in [-0.3, -0.25) is 0 Å². The van der Waals surface area contributed by atoms with E-state index in [1.807, 2.05) is 0 Å². The number of benzene rings is 1. The molecule has 0 aliphatic heterocycles. The first kappa shape index (κ1) is 9.98. The number of nitrogens with one attached hydrogen (secondary N) is 1. The lowest BCUT2D eigenvalue weighted by molar-refractivity contribution is 0.627. The summed E-state index contributed by atoms with van der Waals surface area (Å²) >= 11 is 4.98. The lowest BCUT2D eigenvalue weighted by atomic mass is 10.1. The Morgan fingerprint density at radius 1 is 1.20 bits per heavy atom. The fourth-order valence-electron chi connectivity index (χ4n) is 1.30. The molecule has 1 heterocycles. The van der Waals surface area contributed by atoms with E-state index in [0.717, 1.165) is 11.4 Å². The zero-order valence-corrected chi connectivity index (χ0v) is 8.72. The standard InChI is InChI=1S/C11H9FN2S/c12-9-3-1-8(2-4-9)7-10-13-6-5-11(15)14-10/h1-6H,7H2,(H,13,14,15). The van der Waals surface area contributed by atoms with E-state index in [4.69, 9.17) is 12.2 Å². The minimum atomic E-state index is -0.229. The number of hydrogen-bond donors (Lipinski definition) is 1. The monoisotopic (exact) mass is 220 g/mol. The van der Waals surface area contributed by atoms with Crippen LogP contribution >= 0.6 is 12.2 Å². The Morgan fingerprint density at radius 2 is 1.93 bits per heavy atom. The van der Waals surface area contributed by atoms with E-state index in [1.165, 1.54) is 12.1 Å². The molecule has 2 rings (SSSR count). The average molecular weight is 220 g/mol. The number of rotatable bonds is 2. The van der Waals surface area contributed by atoms with Crippen LogP contribution < -0.4 is 0 Å². The van der Waals surface area contributed by atoms with Crippen LogP contribution in [0.4, 0.5) is 4.39 Å². The average Bonchev–Trinajstić information content (AvgIpc) is 2.22. The minimum absolute atomic E-state index is 0.229. The minimum Gasteiger partial charge on any atom is -0.335 e. The normalized spacial score (nSPS) is 10.2. The molecule has 0 aliphatic carbocycles. The van der Waals surface area contributed by atoms with Gasteiger partial charge in [-0.15, -0.1) is 0 Å². The van der Waals surface area contributed by atoms with Gasteiger partial charge in [-0.2, -0.15) is 0 Å². The van der Waals surface area contributed by atoms with Crippen molar-refractivity contribution in [2.45, 2.75) is 6.42 Å². The Labute approximate surface area is 91.8 Å². The fraction of sp³-hybridized carbons (Fsp3) is 0.0909. The van der Waals surface area contributed by atoms with Gasteiger partial charge in [0.1, 0.15) is 16.3 Å². The Hall–Kier alpha value is -1.55. The van der Waals surface area contributed by atoms with Gasteiger partial charge in [-0.1, -0.05) is 24.4 Å². The van der Waals surface area contributed by atoms with Crippen LogP contribution in [0.1, 0.15) is 11.4 Å². The smallest absolute Gasteiger partial charge is 0.123 e. The van der Waals surface area contributed by atoms with Gasteiger partial charge in [0.05, 0.1) is 0 Å². The summed E-state index contributed by atoms with van der Waals surface area (Å²) in [5.41, 5.74) is 1.00. The molecule has 0 atom stereocenters. The highest BCUT2D eigenvalue weighted by atomic mass is 32.1. The van der Waals surface area contributed by atoms with E-state index in [9.17, 15) is 4.39 Å². The largest absolute Gasteiger partial charge is 0.335 e. The second-order valence-electron chi connectivity index (χ2n) is 3.18. The molecule has 0 unspecified atom stereocenters. The lowest BCUT2D eigenvalue weighted by Gasteiger charge is -2.00. The zero-order valence-electron chi connectivity index (χ0n) is 7.90. The topological polar surface area (TPSA) is 28.7 Å². The molecule has 1 aromatic heterocycles. The van der Waals surface area contributed by atoms with E-state index in [2.05, 4.69) is 9.97 Å². The third-order valence-corrected chi connectivity index (χ3v) is 2.25. The molecule has 1 N–H and O–H groups in total. The van der Waals surface area contributed by atoms with Gasteiger partial charge in [-0.25, -0.2) is 9.37 Å². The molecule has 2 nitrogen and oxygen atoms in total. The maximum absolute atomic E-state index is 12.6. The summed E-state index contributed by atoms with van der Waals surface area (Å²) in [5.74, 6) is 0.557. The molecule has 4 heteroatoms. The second-order valence-corrected chi connectivity index (χ2v) is 3.62. The fourth-order valence-corrected chi connectivity index (χ4v) is 1.48. The molecule has 0 amide bonds. The van der Waals surface area contributed by atoms with Crippen LogP contribution in [0.15, 0.2) is 36.5 Å². The molecule has 2 aromatic rings. The predicted molar refractivity (Wildman–Crippen MR) is 58.6 cm³/mol. The molecule has 0 spiro atoms. The first-order valence-corrected chi connectivity index (χ1v) is 4.93. The van der Waals surface area contributed by atoms with Crippen LogP contribution in [-0.2, 0) is 6.42 Å². The lowest BCUT2D eigenvalue weighted by Crippen LogP contribution is -1.95. The molecule has 0 fully saturated rings. The van der Waals surface area contributed by atoms with Crippen molar-refractivity contribution in [2.24, 2.45) is 0 Å². The quantitative estimate of drug-likeness (QED) is 0.788. The van der Waals surface area contributed by atoms with Crippen molar-refractivity contribution in [3.05, 3.63) is 58.4 Å². The summed E-state index contributed by atoms with van der Waals surface area (Å²) in [6, 6.07) is 8.07. The van der Waals surface area contributed by atoms with Crippen LogP contribution in [0.2, 0.25) is 0 Å². The van der Waals surface area contributed by atoms with Gasteiger partial charge in [0.2, 0.25) is 0 Å². The molecule has 76 valence electrons. The highest BCUT2D eigenvalue weighted by molar-refractivity contribution is 7.71. The molecule has 0 saturated heterocycles. The molecular formula is C11H9FN2S. The number of halogens is 1. The first-order chi connectivity index (χ1) is 7.24. The highest BCUT2D eigenvalue weighted by Gasteiger charge is 1.97. The third-order valence-electron chi connectivity index (χ3n) is 2.01. The van der Waals surface area contributed by atoms with Crippen LogP contribution in [0.25, 0.3) is 0 Å². The number of aromatic nitrogens is 2. The molecule has 0 aliphatic rings. The van der Waals surface area contributed by atoms with Crippen molar-refractivity contribution in [1.29, 1.82) is 0 Å². The Kier molecular flexibility index (Phi) is 2.87. The van der Waals surface area contributed by atoms with Gasteiger partial charge in [-0.05, 0) is 23.8 Å². The van der Waals surface area contributed by atoms with E-state index in [-0.39, 0.29) is 5.82 Å². The summed E-state index contributed by atoms with van der Waals surface area (Å²) in [4.78, 5) is 7.12. The Bertz CT molecular complexity index is 504. The summed E-state index contributed by atoms with van der Waals surface area (Å²) in [7, 11) is 0. The molecule has 0 bridgehead atoms. The molecule has 15 heavy (non-hydrogen) atoms. The van der Waals surface area contributed by atoms with E-state index in [1.54, 1.807) is 24.4 Å². The maximum atomic E-state index is 12.6. The van der Waals surface area contributed by atoms with Crippen LogP contribution in [0.5, 0.6) is 0 Å². The first-order valence-electron chi connectivity index (χ1n) is 4.53. The van der Waals surface area contributed by atoms with Crippen molar-refractivity contribution >= 4 is 12.2 Å². The molecule has 0 saturated carbocycles. The number of aromatic amines is 1. The highest BCUT2D eigenvalue weighted by Crippen LogP contribution is 2.06. The Morgan fingerprint density at radius 3 is 2.60 bits per heavy atom. The van der Waals surface area contributed by atoms with Gasteiger partial charge in [0.25, 0.3) is 0 Å². The second kappa shape index (κ2) is 4.31. The van der Waals surface area contributed by atoms with Crippen molar-refractivity contribution in [3.8, 4) is 0 Å². The number of hydrogen-bond acceptors (Lipinski definition) is 2. The van der Waals surface area contributed by atoms with Crippen LogP contribution in [-0.4, -0.2) is 9.97 Å². The number of H-pyrrole nitrogens is 1. The van der Waals surface area contributed by atoms with Crippen molar-refractivity contribution in [1.82, 2.24) is 9.97 Å². The van der Waals surface area contributed by atoms with Gasteiger partial charge < -0.3 is 4.98 Å². The van der Waals surface area contributed by atoms with E-state index < -0.39 is 0 Å². The van der Waals surface area contributed by atoms with E-state index >= 15 is 0 Å². The predicted octanol–water partition coefficient (Wildman–Crippen LogP) is 2.87. The van der Waals surface area contributed by atoms with Gasteiger partial charge in [0, 0.05) is 12.6 Å². The third kappa shape index (κ3) is 2.70. The SMILES string of the molecule is Fc1ccc(Cc2nccc(=S)[nH]2)cc1. The summed E-state index contributed by atoms with van der Waals surface area (Å²) in [5, 5.41) is 0. The summed E-state index contributed by atoms with van der Waals surface area (Å²) < 4.78 is 13.3. The van der Waals surface area contributed by atoms with Gasteiger partial charge in [0.15, 0.2) is 0 Å². The molecule has 1 aromatic carbocycles. The number of nitrogens with zero attached hydrogens (tertiary/aromatic N) is 1. The molecular weight excluding hydrogens is 211 g/mol. The van der Waals surface area contributed by atoms with Crippen LogP contribution in [0.3, 0.4) is 0 Å². The van der Waals surface area contributed by atoms with Crippen molar-refractivity contribution < 1.29 is 4.39 Å². The van der Waals surface area contributed by atoms with Crippen molar-refractivity contribution in [2.75, 3.05) is 0 Å². The van der Waals surface area contributed by atoms with Gasteiger partial charge >= 0.3 is 0 Å². The molecule has 0 radical (unpaired) electrons. The maximum Gasteiger partial charge on any atom is 0.123 e. The van der Waals surface area contributed by atoms with Crippen molar-refractivity contribution in [3.63, 3.8) is 0 Å². The van der Waals surface area contributed by atoms with Crippen LogP contribution in [0, 0.1) is 10.5 Å².